The summed E-state index contributed by atoms with van der Waals surface area (Å²) in [5.74, 6) is 0. The molecule has 3 aromatic carbocycles. The summed E-state index contributed by atoms with van der Waals surface area (Å²) in [5.41, 5.74) is 4.33. The molecule has 0 amide bonds. The molecule has 2 aliphatic heterocycles. The van der Waals surface area contributed by atoms with Crippen LogP contribution in [0.4, 0.5) is 0 Å². The van der Waals surface area contributed by atoms with Crippen LogP contribution in [0.3, 0.4) is 0 Å². The van der Waals surface area contributed by atoms with Crippen molar-refractivity contribution >= 4 is 0 Å². The lowest BCUT2D eigenvalue weighted by Gasteiger charge is -2.48. The smallest absolute Gasteiger partial charge is 0.159 e. The molecule has 5 rings (SSSR count). The Morgan fingerprint density at radius 3 is 1.80 bits per heavy atom. The number of hydrogen-bond donors (Lipinski definition) is 0. The van der Waals surface area contributed by atoms with Crippen LogP contribution >= 0.6 is 0 Å². The minimum atomic E-state index is 0.558. The molecular weight excluding hydrogens is 366 g/mol. The number of fused-ring (bicyclic) bond motifs is 1. The van der Waals surface area contributed by atoms with Gasteiger partial charge < -0.3 is 4.48 Å². The van der Waals surface area contributed by atoms with Crippen molar-refractivity contribution in [2.75, 3.05) is 32.7 Å². The lowest BCUT2D eigenvalue weighted by Crippen LogP contribution is -2.64. The van der Waals surface area contributed by atoms with Gasteiger partial charge in [0.2, 0.25) is 0 Å². The lowest BCUT2D eigenvalue weighted by atomic mass is 10.1. The fraction of sp³-hybridized carbons (Fsp3) is 0.333. The molecule has 0 bridgehead atoms. The number of benzene rings is 3. The molecule has 0 N–H and O–H groups in total. The van der Waals surface area contributed by atoms with Gasteiger partial charge in [-0.05, 0) is 11.1 Å². The van der Waals surface area contributed by atoms with Gasteiger partial charge in [0.15, 0.2) is 6.17 Å². The third-order valence-electron chi connectivity index (χ3n) is 6.99. The molecule has 0 saturated carbocycles. The summed E-state index contributed by atoms with van der Waals surface area (Å²) >= 11 is 0. The highest BCUT2D eigenvalue weighted by atomic mass is 15.6. The Morgan fingerprint density at radius 2 is 1.17 bits per heavy atom. The van der Waals surface area contributed by atoms with Crippen molar-refractivity contribution in [2.45, 2.75) is 25.8 Å². The van der Waals surface area contributed by atoms with Gasteiger partial charge in [0.25, 0.3) is 0 Å². The van der Waals surface area contributed by atoms with Crippen molar-refractivity contribution in [1.29, 1.82) is 0 Å². The Hall–Kier alpha value is -2.46. The lowest BCUT2D eigenvalue weighted by molar-refractivity contribution is -0.961. The van der Waals surface area contributed by atoms with E-state index < -0.39 is 0 Å². The Kier molecular flexibility index (Phi) is 5.67. The molecule has 2 fully saturated rings. The number of hydrogen-bond acceptors (Lipinski definition) is 2. The first-order valence-electron chi connectivity index (χ1n) is 11.2. The van der Waals surface area contributed by atoms with Crippen LogP contribution in [-0.4, -0.2) is 53.2 Å². The van der Waals surface area contributed by atoms with Gasteiger partial charge in [-0.3, -0.25) is 4.90 Å². The number of rotatable bonds is 6. The van der Waals surface area contributed by atoms with Crippen LogP contribution in [0.1, 0.15) is 16.7 Å². The van der Waals surface area contributed by atoms with Crippen LogP contribution in [-0.2, 0) is 19.6 Å². The molecule has 3 aromatic rings. The van der Waals surface area contributed by atoms with E-state index in [0.29, 0.717) is 6.17 Å². The third-order valence-corrected chi connectivity index (χ3v) is 6.99. The van der Waals surface area contributed by atoms with E-state index in [4.69, 9.17) is 0 Å². The van der Waals surface area contributed by atoms with Crippen LogP contribution in [0.25, 0.3) is 0 Å². The summed E-state index contributed by atoms with van der Waals surface area (Å²) in [6.45, 7) is 9.26. The molecule has 0 aromatic heterocycles. The van der Waals surface area contributed by atoms with Crippen molar-refractivity contribution in [3.05, 3.63) is 108 Å². The SMILES string of the molecule is c1ccc(CN2CC[N+]3(Cc4ccccc4)CCN(Cc4ccccc4)C3C2)cc1. The highest BCUT2D eigenvalue weighted by Gasteiger charge is 2.49. The van der Waals surface area contributed by atoms with Crippen molar-refractivity contribution in [2.24, 2.45) is 0 Å². The second-order valence-corrected chi connectivity index (χ2v) is 8.97. The molecule has 2 heterocycles. The van der Waals surface area contributed by atoms with Gasteiger partial charge in [0, 0.05) is 25.2 Å². The zero-order chi connectivity index (χ0) is 20.2. The van der Waals surface area contributed by atoms with Gasteiger partial charge in [-0.25, -0.2) is 4.90 Å². The predicted molar refractivity (Wildman–Crippen MR) is 122 cm³/mol. The molecule has 0 spiro atoms. The molecule has 2 unspecified atom stereocenters. The maximum Gasteiger partial charge on any atom is 0.159 e. The standard InChI is InChI=1S/C27H32N3/c1-4-10-24(11-5-1)20-28-16-18-30(23-26-14-8-3-9-15-26)19-17-29(27(30)22-28)21-25-12-6-2-7-13-25/h1-15,27H,16-23H2/q+1. The van der Waals surface area contributed by atoms with Crippen LogP contribution in [0.5, 0.6) is 0 Å². The largest absolute Gasteiger partial charge is 0.302 e. The maximum atomic E-state index is 2.75. The first-order chi connectivity index (χ1) is 14.8. The normalized spacial score (nSPS) is 24.6. The molecule has 0 radical (unpaired) electrons. The quantitative estimate of drug-likeness (QED) is 0.569. The van der Waals surface area contributed by atoms with E-state index in [0.717, 1.165) is 26.2 Å². The number of piperazine rings is 1. The predicted octanol–water partition coefficient (Wildman–Crippen LogP) is 4.36. The van der Waals surface area contributed by atoms with E-state index in [-0.39, 0.29) is 0 Å². The molecule has 154 valence electrons. The maximum absolute atomic E-state index is 2.75. The number of quaternary nitrogens is 1. The van der Waals surface area contributed by atoms with Crippen LogP contribution in [0.15, 0.2) is 91.0 Å². The third kappa shape index (κ3) is 4.20. The van der Waals surface area contributed by atoms with E-state index in [1.165, 1.54) is 47.4 Å². The number of nitrogens with zero attached hydrogens (tertiary/aromatic N) is 3. The molecule has 2 saturated heterocycles. The molecule has 2 aliphatic rings. The van der Waals surface area contributed by atoms with E-state index in [2.05, 4.69) is 101 Å². The average Bonchev–Trinajstić information content (AvgIpc) is 3.13. The van der Waals surface area contributed by atoms with Crippen LogP contribution in [0.2, 0.25) is 0 Å². The fourth-order valence-corrected chi connectivity index (χ4v) is 5.38. The minimum Gasteiger partial charge on any atom is -0.302 e. The van der Waals surface area contributed by atoms with Crippen molar-refractivity contribution in [3.8, 4) is 0 Å². The topological polar surface area (TPSA) is 6.48 Å². The van der Waals surface area contributed by atoms with Crippen molar-refractivity contribution < 1.29 is 4.48 Å². The Labute approximate surface area is 180 Å². The van der Waals surface area contributed by atoms with E-state index in [1.54, 1.807) is 0 Å². The fourth-order valence-electron chi connectivity index (χ4n) is 5.38. The van der Waals surface area contributed by atoms with Gasteiger partial charge in [-0.15, -0.1) is 0 Å². The average molecular weight is 399 g/mol. The van der Waals surface area contributed by atoms with Crippen LogP contribution in [0, 0.1) is 0 Å². The van der Waals surface area contributed by atoms with Gasteiger partial charge in [0.05, 0.1) is 26.2 Å². The van der Waals surface area contributed by atoms with E-state index >= 15 is 0 Å². The summed E-state index contributed by atoms with van der Waals surface area (Å²) in [5, 5.41) is 0. The van der Waals surface area contributed by atoms with Crippen molar-refractivity contribution in [1.82, 2.24) is 9.80 Å². The van der Waals surface area contributed by atoms with Crippen molar-refractivity contribution in [3.63, 3.8) is 0 Å². The second kappa shape index (κ2) is 8.73. The summed E-state index contributed by atoms with van der Waals surface area (Å²) in [7, 11) is 0. The van der Waals surface area contributed by atoms with E-state index in [9.17, 15) is 0 Å². The Morgan fingerprint density at radius 1 is 0.633 bits per heavy atom. The highest BCUT2D eigenvalue weighted by Crippen LogP contribution is 2.33. The molecule has 0 aliphatic carbocycles. The summed E-state index contributed by atoms with van der Waals surface area (Å²) in [6, 6.07) is 33.1. The molecule has 3 nitrogen and oxygen atoms in total. The second-order valence-electron chi connectivity index (χ2n) is 8.97. The Balaban J connectivity index is 1.37. The molecule has 30 heavy (non-hydrogen) atoms. The first kappa shape index (κ1) is 19.5. The Bertz CT molecular complexity index is 928. The zero-order valence-electron chi connectivity index (χ0n) is 17.7. The molecule has 3 heteroatoms. The first-order valence-corrected chi connectivity index (χ1v) is 11.2. The monoisotopic (exact) mass is 398 g/mol. The highest BCUT2D eigenvalue weighted by molar-refractivity contribution is 5.17. The minimum absolute atomic E-state index is 0.558. The van der Waals surface area contributed by atoms with Gasteiger partial charge >= 0.3 is 0 Å². The van der Waals surface area contributed by atoms with Gasteiger partial charge in [-0.1, -0.05) is 91.0 Å². The van der Waals surface area contributed by atoms with Crippen LogP contribution < -0.4 is 0 Å². The van der Waals surface area contributed by atoms with E-state index in [1.807, 2.05) is 0 Å². The summed E-state index contributed by atoms with van der Waals surface area (Å²) < 4.78 is 1.21. The summed E-state index contributed by atoms with van der Waals surface area (Å²) in [6.07, 6.45) is 0.558. The summed E-state index contributed by atoms with van der Waals surface area (Å²) in [4.78, 5) is 5.42. The molecular formula is C27H32N3+. The van der Waals surface area contributed by atoms with Gasteiger partial charge in [-0.2, -0.15) is 0 Å². The zero-order valence-corrected chi connectivity index (χ0v) is 17.7. The van der Waals surface area contributed by atoms with Gasteiger partial charge in [0.1, 0.15) is 6.54 Å². The molecule has 2 atom stereocenters.